The summed E-state index contributed by atoms with van der Waals surface area (Å²) in [6.45, 7) is 12.8. The number of amides is 2. The zero-order valence-corrected chi connectivity index (χ0v) is 31.0. The molecule has 0 saturated carbocycles. The first kappa shape index (κ1) is 33.6. The minimum Gasteiger partial charge on any atom is -0.444 e. The standard InChI is InChI=1S/C40H46N6O4S/c1-39(2,3)49-37(47)45-19-8-10-32(45)34-41-28-17-15-25(21-30(28)43-34)23-11-13-24(14-12-23)26-16-18-29-31(22-26)44-35(42-29)33-27-9-7-20-46(36(27)51-33)38(48)50-40(4,5)6/h11-18,21-22,27,32-33,36H,7-10,19-20H2,1-6H3,(H,41,43)(H,42,44). The van der Waals surface area contributed by atoms with Gasteiger partial charge in [-0.1, -0.05) is 36.4 Å². The fourth-order valence-electron chi connectivity index (χ4n) is 7.57. The second-order valence-corrected chi connectivity index (χ2v) is 17.3. The van der Waals surface area contributed by atoms with E-state index in [1.165, 1.54) is 0 Å². The average molecular weight is 707 g/mol. The van der Waals surface area contributed by atoms with Gasteiger partial charge in [0.05, 0.1) is 38.7 Å². The van der Waals surface area contributed by atoms with Gasteiger partial charge in [-0.15, -0.1) is 11.8 Å². The molecule has 0 aliphatic carbocycles. The Morgan fingerprint density at radius 2 is 1.18 bits per heavy atom. The van der Waals surface area contributed by atoms with Gasteiger partial charge in [-0.3, -0.25) is 9.80 Å². The highest BCUT2D eigenvalue weighted by Crippen LogP contribution is 2.57. The van der Waals surface area contributed by atoms with Crippen molar-refractivity contribution in [3.8, 4) is 22.3 Å². The summed E-state index contributed by atoms with van der Waals surface area (Å²) in [7, 11) is 0. The molecule has 2 N–H and O–H groups in total. The van der Waals surface area contributed by atoms with Crippen molar-refractivity contribution in [1.82, 2.24) is 29.7 Å². The number of hydrogen-bond acceptors (Lipinski definition) is 7. The molecule has 3 fully saturated rings. The zero-order chi connectivity index (χ0) is 35.7. The first-order valence-electron chi connectivity index (χ1n) is 18.0. The lowest BCUT2D eigenvalue weighted by Gasteiger charge is -2.51. The highest BCUT2D eigenvalue weighted by molar-refractivity contribution is 8.01. The third-order valence-corrected chi connectivity index (χ3v) is 11.7. The van der Waals surface area contributed by atoms with E-state index < -0.39 is 11.2 Å². The number of imidazole rings is 2. The van der Waals surface area contributed by atoms with Crippen LogP contribution in [0.5, 0.6) is 0 Å². The fourth-order valence-corrected chi connectivity index (χ4v) is 9.16. The number of carbonyl (C=O) groups is 2. The quantitative estimate of drug-likeness (QED) is 0.191. The molecular formula is C40H46N6O4S. The second-order valence-electron chi connectivity index (χ2n) is 16.0. The van der Waals surface area contributed by atoms with Crippen molar-refractivity contribution in [3.05, 3.63) is 72.3 Å². The predicted molar refractivity (Wildman–Crippen MR) is 201 cm³/mol. The van der Waals surface area contributed by atoms with Crippen LogP contribution in [0.1, 0.15) is 90.2 Å². The van der Waals surface area contributed by atoms with E-state index in [-0.39, 0.29) is 28.9 Å². The molecule has 3 saturated heterocycles. The van der Waals surface area contributed by atoms with Gasteiger partial charge < -0.3 is 19.4 Å². The Kier molecular flexibility index (Phi) is 8.32. The number of piperidine rings is 1. The fraction of sp³-hybridized carbons (Fsp3) is 0.450. The molecule has 2 amide bonds. The number of fused-ring (bicyclic) bond motifs is 3. The number of likely N-dealkylation sites (tertiary alicyclic amines) is 2. The normalized spacial score (nSPS) is 22.2. The second kappa shape index (κ2) is 12.6. The molecular weight excluding hydrogens is 661 g/mol. The molecule has 4 unspecified atom stereocenters. The van der Waals surface area contributed by atoms with Crippen LogP contribution in [0.2, 0.25) is 0 Å². The molecule has 5 aromatic rings. The Bertz CT molecular complexity index is 2110. The lowest BCUT2D eigenvalue weighted by molar-refractivity contribution is 0.00889. The molecule has 3 aromatic carbocycles. The van der Waals surface area contributed by atoms with Crippen molar-refractivity contribution in [2.45, 2.75) is 95.1 Å². The molecule has 5 heterocycles. The Balaban J connectivity index is 0.961. The Morgan fingerprint density at radius 1 is 0.686 bits per heavy atom. The smallest absolute Gasteiger partial charge is 0.411 e. The van der Waals surface area contributed by atoms with Crippen LogP contribution in [-0.4, -0.2) is 71.6 Å². The SMILES string of the molecule is CC(C)(C)OC(=O)N1CCCC1c1nc2ccc(-c3ccc(-c4ccc5nc(C6SC7C6CCCN7C(=O)OC(C)(C)C)[nH]c5c4)cc3)cc2[nH]1. The van der Waals surface area contributed by atoms with Gasteiger partial charge in [0.1, 0.15) is 22.9 Å². The summed E-state index contributed by atoms with van der Waals surface area (Å²) in [6, 6.07) is 21.2. The number of ether oxygens (including phenoxy) is 2. The molecule has 4 atom stereocenters. The number of H-pyrrole nitrogens is 2. The van der Waals surface area contributed by atoms with Crippen molar-refractivity contribution in [1.29, 1.82) is 0 Å². The number of hydrogen-bond donors (Lipinski definition) is 2. The van der Waals surface area contributed by atoms with E-state index in [4.69, 9.17) is 19.4 Å². The Morgan fingerprint density at radius 3 is 1.76 bits per heavy atom. The minimum atomic E-state index is -0.540. The van der Waals surface area contributed by atoms with Gasteiger partial charge in [0.2, 0.25) is 0 Å². The van der Waals surface area contributed by atoms with E-state index >= 15 is 0 Å². The van der Waals surface area contributed by atoms with Crippen molar-refractivity contribution in [2.24, 2.45) is 5.92 Å². The van der Waals surface area contributed by atoms with E-state index in [9.17, 15) is 9.59 Å². The van der Waals surface area contributed by atoms with Crippen LogP contribution in [-0.2, 0) is 9.47 Å². The van der Waals surface area contributed by atoms with Crippen molar-refractivity contribution < 1.29 is 19.1 Å². The third kappa shape index (κ3) is 6.68. The van der Waals surface area contributed by atoms with E-state index in [2.05, 4.69) is 64.6 Å². The largest absolute Gasteiger partial charge is 0.444 e. The zero-order valence-electron chi connectivity index (χ0n) is 30.2. The van der Waals surface area contributed by atoms with Gasteiger partial charge in [0, 0.05) is 19.0 Å². The molecule has 3 aliphatic heterocycles. The summed E-state index contributed by atoms with van der Waals surface area (Å²) in [5.41, 5.74) is 7.22. The average Bonchev–Trinajstić information content (AvgIpc) is 3.81. The number of thioether (sulfide) groups is 1. The molecule has 8 rings (SSSR count). The van der Waals surface area contributed by atoms with E-state index in [0.717, 1.165) is 88.2 Å². The lowest BCUT2D eigenvalue weighted by atomic mass is 9.92. The third-order valence-electron chi connectivity index (χ3n) is 9.93. The number of aromatic nitrogens is 4. The van der Waals surface area contributed by atoms with Crippen molar-refractivity contribution in [2.75, 3.05) is 13.1 Å². The van der Waals surface area contributed by atoms with Crippen LogP contribution in [0, 0.1) is 5.92 Å². The molecule has 0 spiro atoms. The summed E-state index contributed by atoms with van der Waals surface area (Å²) in [5, 5.41) is 0.375. The first-order valence-corrected chi connectivity index (χ1v) is 19.0. The molecule has 2 aromatic heterocycles. The van der Waals surface area contributed by atoms with E-state index in [0.29, 0.717) is 12.5 Å². The Hall–Kier alpha value is -4.51. The molecule has 3 aliphatic rings. The molecule has 0 radical (unpaired) electrons. The maximum absolute atomic E-state index is 12.9. The number of rotatable bonds is 4. The molecule has 0 bridgehead atoms. The molecule has 10 nitrogen and oxygen atoms in total. The topological polar surface area (TPSA) is 116 Å². The summed E-state index contributed by atoms with van der Waals surface area (Å²) >= 11 is 1.80. The summed E-state index contributed by atoms with van der Waals surface area (Å²) in [5.74, 6) is 2.15. The number of nitrogens with zero attached hydrogens (tertiary/aromatic N) is 4. The van der Waals surface area contributed by atoms with Crippen LogP contribution < -0.4 is 0 Å². The van der Waals surface area contributed by atoms with Gasteiger partial charge in [0.25, 0.3) is 0 Å². The van der Waals surface area contributed by atoms with Gasteiger partial charge in [-0.25, -0.2) is 19.6 Å². The summed E-state index contributed by atoms with van der Waals surface area (Å²) < 4.78 is 11.4. The number of carbonyl (C=O) groups excluding carboxylic acids is 2. The van der Waals surface area contributed by atoms with Crippen LogP contribution in [0.15, 0.2) is 60.7 Å². The van der Waals surface area contributed by atoms with Crippen LogP contribution in [0.3, 0.4) is 0 Å². The Labute approximate surface area is 302 Å². The van der Waals surface area contributed by atoms with Gasteiger partial charge in [0.15, 0.2) is 0 Å². The van der Waals surface area contributed by atoms with Crippen LogP contribution in [0.25, 0.3) is 44.3 Å². The first-order chi connectivity index (χ1) is 24.3. The maximum atomic E-state index is 12.9. The molecule has 266 valence electrons. The highest BCUT2D eigenvalue weighted by atomic mass is 32.2. The maximum Gasteiger partial charge on any atom is 0.411 e. The molecule has 51 heavy (non-hydrogen) atoms. The van der Waals surface area contributed by atoms with Crippen molar-refractivity contribution in [3.63, 3.8) is 0 Å². The van der Waals surface area contributed by atoms with Gasteiger partial charge in [-0.05, 0) is 114 Å². The summed E-state index contributed by atoms with van der Waals surface area (Å²) in [4.78, 5) is 46.4. The van der Waals surface area contributed by atoms with Crippen molar-refractivity contribution >= 4 is 46.0 Å². The van der Waals surface area contributed by atoms with Crippen LogP contribution in [0.4, 0.5) is 9.59 Å². The number of aromatic amines is 2. The van der Waals surface area contributed by atoms with Crippen LogP contribution >= 0.6 is 11.8 Å². The number of benzene rings is 3. The highest BCUT2D eigenvalue weighted by Gasteiger charge is 2.51. The molecule has 11 heteroatoms. The predicted octanol–water partition coefficient (Wildman–Crippen LogP) is 9.61. The monoisotopic (exact) mass is 706 g/mol. The minimum absolute atomic E-state index is 0.121. The van der Waals surface area contributed by atoms with Gasteiger partial charge >= 0.3 is 12.2 Å². The number of nitrogens with one attached hydrogen (secondary N) is 2. The van der Waals surface area contributed by atoms with E-state index in [1.807, 2.05) is 52.5 Å². The lowest BCUT2D eigenvalue weighted by Crippen LogP contribution is -2.54. The van der Waals surface area contributed by atoms with Gasteiger partial charge in [-0.2, -0.15) is 0 Å². The van der Waals surface area contributed by atoms with E-state index in [1.54, 1.807) is 16.7 Å². The summed E-state index contributed by atoms with van der Waals surface area (Å²) in [6.07, 6.45) is 3.33.